The molecule has 1 atom stereocenters. The second-order valence-corrected chi connectivity index (χ2v) is 11.1. The summed E-state index contributed by atoms with van der Waals surface area (Å²) < 4.78 is 35.1. The molecule has 2 heterocycles. The van der Waals surface area contributed by atoms with Crippen molar-refractivity contribution in [3.8, 4) is 11.4 Å². The molecule has 0 spiro atoms. The van der Waals surface area contributed by atoms with E-state index in [9.17, 15) is 18.5 Å². The minimum atomic E-state index is -3.64. The van der Waals surface area contributed by atoms with Gasteiger partial charge in [-0.25, -0.2) is 8.42 Å². The first-order chi connectivity index (χ1) is 16.8. The van der Waals surface area contributed by atoms with Gasteiger partial charge < -0.3 is 4.74 Å². The van der Waals surface area contributed by atoms with Crippen LogP contribution in [0.2, 0.25) is 0 Å². The molecule has 1 aliphatic heterocycles. The fourth-order valence-corrected chi connectivity index (χ4v) is 6.19. The molecule has 1 fully saturated rings. The Labute approximate surface area is 208 Å². The van der Waals surface area contributed by atoms with Gasteiger partial charge in [0.15, 0.2) is 11.0 Å². The third kappa shape index (κ3) is 5.56. The van der Waals surface area contributed by atoms with E-state index in [1.165, 1.54) is 28.2 Å². The third-order valence-electron chi connectivity index (χ3n) is 5.91. The van der Waals surface area contributed by atoms with Crippen LogP contribution in [-0.2, 0) is 20.5 Å². The fourth-order valence-electron chi connectivity index (χ4n) is 3.75. The summed E-state index contributed by atoms with van der Waals surface area (Å²) in [7, 11) is -3.64. The molecule has 0 unspecified atom stereocenters. The highest BCUT2D eigenvalue weighted by atomic mass is 32.2. The molecule has 0 saturated carbocycles. The van der Waals surface area contributed by atoms with Gasteiger partial charge in [-0.1, -0.05) is 43.0 Å². The smallest absolute Gasteiger partial charge is 0.269 e. The average Bonchev–Trinajstić information content (AvgIpc) is 3.32. The minimum absolute atomic E-state index is 0.0516. The summed E-state index contributed by atoms with van der Waals surface area (Å²) in [6, 6.07) is 13.3. The summed E-state index contributed by atoms with van der Waals surface area (Å²) in [6.07, 6.45) is 0.835. The normalized spacial score (nSPS) is 15.7. The summed E-state index contributed by atoms with van der Waals surface area (Å²) in [6.45, 7) is 5.57. The van der Waals surface area contributed by atoms with Gasteiger partial charge in [0.05, 0.1) is 23.0 Å². The SMILES string of the molecule is CC[C@H](C)n1c(SCc2ccc([N+](=O)[O-])cc2)nnc1-c1cccc(S(=O)(=O)N2CCOCC2)c1. The lowest BCUT2D eigenvalue weighted by Crippen LogP contribution is -2.40. The van der Waals surface area contributed by atoms with Crippen LogP contribution in [0.3, 0.4) is 0 Å². The molecule has 0 N–H and O–H groups in total. The Kier molecular flexibility index (Phi) is 7.85. The van der Waals surface area contributed by atoms with Crippen molar-refractivity contribution in [1.29, 1.82) is 0 Å². The number of non-ortho nitro benzene ring substituents is 1. The van der Waals surface area contributed by atoms with Crippen LogP contribution < -0.4 is 0 Å². The van der Waals surface area contributed by atoms with Crippen molar-refractivity contribution in [3.63, 3.8) is 0 Å². The maximum atomic E-state index is 13.2. The van der Waals surface area contributed by atoms with Crippen LogP contribution in [0, 0.1) is 10.1 Å². The van der Waals surface area contributed by atoms with Crippen LogP contribution in [0.15, 0.2) is 58.6 Å². The molecule has 186 valence electrons. The maximum absolute atomic E-state index is 13.2. The zero-order valence-corrected chi connectivity index (χ0v) is 21.2. The van der Waals surface area contributed by atoms with Gasteiger partial charge in [-0.05, 0) is 31.0 Å². The Morgan fingerprint density at radius 1 is 1.14 bits per heavy atom. The predicted octanol–water partition coefficient (Wildman–Crippen LogP) is 4.14. The Morgan fingerprint density at radius 3 is 2.51 bits per heavy atom. The average molecular weight is 518 g/mol. The first-order valence-corrected chi connectivity index (χ1v) is 13.7. The van der Waals surface area contributed by atoms with Crippen LogP contribution in [-0.4, -0.2) is 58.7 Å². The zero-order valence-electron chi connectivity index (χ0n) is 19.5. The predicted molar refractivity (Wildman–Crippen MR) is 133 cm³/mol. The lowest BCUT2D eigenvalue weighted by molar-refractivity contribution is -0.384. The molecule has 0 bridgehead atoms. The number of morpholine rings is 1. The molecule has 0 aliphatic carbocycles. The Hall–Kier alpha value is -2.80. The second-order valence-electron chi connectivity index (χ2n) is 8.19. The van der Waals surface area contributed by atoms with E-state index < -0.39 is 14.9 Å². The molecule has 10 nitrogen and oxygen atoms in total. The summed E-state index contributed by atoms with van der Waals surface area (Å²) in [5.41, 5.74) is 1.66. The lowest BCUT2D eigenvalue weighted by atomic mass is 10.2. The number of sulfonamides is 1. The van der Waals surface area contributed by atoms with Gasteiger partial charge in [0, 0.05) is 42.6 Å². The van der Waals surface area contributed by atoms with E-state index in [1.807, 2.05) is 10.6 Å². The van der Waals surface area contributed by atoms with E-state index in [4.69, 9.17) is 4.74 Å². The molecule has 0 radical (unpaired) electrons. The maximum Gasteiger partial charge on any atom is 0.269 e. The molecule has 0 amide bonds. The van der Waals surface area contributed by atoms with Gasteiger partial charge in [0.25, 0.3) is 5.69 Å². The van der Waals surface area contributed by atoms with Crippen LogP contribution in [0.5, 0.6) is 0 Å². The van der Waals surface area contributed by atoms with Crippen molar-refractivity contribution in [2.45, 2.75) is 42.1 Å². The molecular weight excluding hydrogens is 490 g/mol. The van der Waals surface area contributed by atoms with Crippen molar-refractivity contribution in [2.75, 3.05) is 26.3 Å². The molecule has 12 heteroatoms. The van der Waals surface area contributed by atoms with E-state index >= 15 is 0 Å². The summed E-state index contributed by atoms with van der Waals surface area (Å²) >= 11 is 1.49. The van der Waals surface area contributed by atoms with E-state index in [0.717, 1.165) is 12.0 Å². The minimum Gasteiger partial charge on any atom is -0.379 e. The summed E-state index contributed by atoms with van der Waals surface area (Å²) in [5, 5.41) is 20.4. The quantitative estimate of drug-likeness (QED) is 0.236. The lowest BCUT2D eigenvalue weighted by Gasteiger charge is -2.26. The number of rotatable bonds is 9. The van der Waals surface area contributed by atoms with Crippen molar-refractivity contribution >= 4 is 27.5 Å². The molecule has 1 aliphatic rings. The van der Waals surface area contributed by atoms with Gasteiger partial charge in [-0.2, -0.15) is 4.31 Å². The number of nitro groups is 1. The van der Waals surface area contributed by atoms with E-state index in [0.29, 0.717) is 48.6 Å². The van der Waals surface area contributed by atoms with E-state index in [1.54, 1.807) is 30.3 Å². The highest BCUT2D eigenvalue weighted by molar-refractivity contribution is 7.98. The first-order valence-electron chi connectivity index (χ1n) is 11.3. The van der Waals surface area contributed by atoms with Crippen LogP contribution >= 0.6 is 11.8 Å². The van der Waals surface area contributed by atoms with Crippen molar-refractivity contribution < 1.29 is 18.1 Å². The highest BCUT2D eigenvalue weighted by Gasteiger charge is 2.27. The summed E-state index contributed by atoms with van der Waals surface area (Å²) in [4.78, 5) is 10.7. The first kappa shape index (κ1) is 25.3. The van der Waals surface area contributed by atoms with Crippen LogP contribution in [0.25, 0.3) is 11.4 Å². The number of nitro benzene ring substituents is 1. The van der Waals surface area contributed by atoms with Crippen molar-refractivity contribution in [3.05, 3.63) is 64.2 Å². The molecule has 35 heavy (non-hydrogen) atoms. The summed E-state index contributed by atoms with van der Waals surface area (Å²) in [5.74, 6) is 1.17. The van der Waals surface area contributed by atoms with Gasteiger partial charge in [0.1, 0.15) is 0 Å². The molecule has 4 rings (SSSR count). The number of thioether (sulfide) groups is 1. The standard InChI is InChI=1S/C23H27N5O5S2/c1-3-17(2)27-22(24-25-23(27)34-16-18-7-9-20(10-8-18)28(29)30)19-5-4-6-21(15-19)35(31,32)26-11-13-33-14-12-26/h4-10,15,17H,3,11-14,16H2,1-2H3/t17-/m0/s1. The number of aromatic nitrogens is 3. The molecular formula is C23H27N5O5S2. The van der Waals surface area contributed by atoms with Crippen LogP contribution in [0.1, 0.15) is 31.9 Å². The van der Waals surface area contributed by atoms with E-state index in [-0.39, 0.29) is 16.6 Å². The van der Waals surface area contributed by atoms with Crippen LogP contribution in [0.4, 0.5) is 5.69 Å². The zero-order chi connectivity index (χ0) is 25.0. The van der Waals surface area contributed by atoms with Gasteiger partial charge in [-0.15, -0.1) is 10.2 Å². The molecule has 1 saturated heterocycles. The van der Waals surface area contributed by atoms with Crippen molar-refractivity contribution in [2.24, 2.45) is 0 Å². The third-order valence-corrected chi connectivity index (χ3v) is 8.82. The monoisotopic (exact) mass is 517 g/mol. The molecule has 2 aromatic carbocycles. The number of benzene rings is 2. The van der Waals surface area contributed by atoms with Gasteiger partial charge in [-0.3, -0.25) is 14.7 Å². The number of hydrogen-bond donors (Lipinski definition) is 0. The van der Waals surface area contributed by atoms with Gasteiger partial charge in [0.2, 0.25) is 10.0 Å². The number of ether oxygens (including phenoxy) is 1. The highest BCUT2D eigenvalue weighted by Crippen LogP contribution is 2.32. The Balaban J connectivity index is 1.62. The fraction of sp³-hybridized carbons (Fsp3) is 0.391. The second kappa shape index (κ2) is 10.9. The molecule has 3 aromatic rings. The van der Waals surface area contributed by atoms with E-state index in [2.05, 4.69) is 24.0 Å². The Morgan fingerprint density at radius 2 is 1.86 bits per heavy atom. The largest absolute Gasteiger partial charge is 0.379 e. The van der Waals surface area contributed by atoms with Crippen molar-refractivity contribution in [1.82, 2.24) is 19.1 Å². The Bertz CT molecular complexity index is 1290. The van der Waals surface area contributed by atoms with Gasteiger partial charge >= 0.3 is 0 Å². The number of hydrogen-bond acceptors (Lipinski definition) is 8. The molecule has 1 aromatic heterocycles. The topological polar surface area (TPSA) is 120 Å². The number of nitrogens with zero attached hydrogens (tertiary/aromatic N) is 5.